The zero-order chi connectivity index (χ0) is 15.4. The highest BCUT2D eigenvalue weighted by Crippen LogP contribution is 2.21. The summed E-state index contributed by atoms with van der Waals surface area (Å²) in [5, 5.41) is 3.00. The average molecular weight is 310 g/mol. The molecule has 0 aliphatic carbocycles. The van der Waals surface area contributed by atoms with Gasteiger partial charge in [-0.2, -0.15) is 0 Å². The van der Waals surface area contributed by atoms with Gasteiger partial charge in [0.05, 0.1) is 0 Å². The Kier molecular flexibility index (Phi) is 5.31. The molecule has 3 heterocycles. The van der Waals surface area contributed by atoms with Gasteiger partial charge in [0, 0.05) is 32.8 Å². The summed E-state index contributed by atoms with van der Waals surface area (Å²) in [6.45, 7) is 3.66. The first kappa shape index (κ1) is 15.7. The van der Waals surface area contributed by atoms with Gasteiger partial charge in [0.25, 0.3) is 5.91 Å². The molecule has 3 rings (SSSR count). The Morgan fingerprint density at radius 1 is 0.955 bits per heavy atom. The molecule has 3 fully saturated rings. The number of likely N-dealkylation sites (tertiary alicyclic amines) is 1. The SMILES string of the molecule is O=C(NCC1CCN(C(=O)[C@H]2CCCO2)CC1)[C@@H]1CCCO1. The zero-order valence-electron chi connectivity index (χ0n) is 13.1. The quantitative estimate of drug-likeness (QED) is 0.830. The standard InChI is InChI=1S/C16H26N2O4/c19-15(13-3-1-9-21-13)17-11-12-5-7-18(8-6-12)16(20)14-4-2-10-22-14/h12-14H,1-11H2,(H,17,19)/t13-,14+/m0/s1. The van der Waals surface area contributed by atoms with Crippen LogP contribution >= 0.6 is 0 Å². The van der Waals surface area contributed by atoms with E-state index in [1.165, 1.54) is 0 Å². The molecular weight excluding hydrogens is 284 g/mol. The number of nitrogens with zero attached hydrogens (tertiary/aromatic N) is 1. The Morgan fingerprint density at radius 3 is 2.18 bits per heavy atom. The van der Waals surface area contributed by atoms with Crippen molar-refractivity contribution in [1.29, 1.82) is 0 Å². The molecule has 1 N–H and O–H groups in total. The lowest BCUT2D eigenvalue weighted by atomic mass is 9.96. The first-order valence-electron chi connectivity index (χ1n) is 8.54. The molecule has 0 unspecified atom stereocenters. The van der Waals surface area contributed by atoms with Gasteiger partial charge in [0.2, 0.25) is 5.91 Å². The first-order valence-corrected chi connectivity index (χ1v) is 8.54. The third-order valence-electron chi connectivity index (χ3n) is 4.92. The Bertz CT molecular complexity index is 395. The Balaban J connectivity index is 1.36. The minimum Gasteiger partial charge on any atom is -0.368 e. The van der Waals surface area contributed by atoms with E-state index in [0.29, 0.717) is 25.7 Å². The molecule has 0 aromatic heterocycles. The van der Waals surface area contributed by atoms with E-state index in [1.807, 2.05) is 4.90 Å². The molecular formula is C16H26N2O4. The minimum absolute atomic E-state index is 0.0235. The summed E-state index contributed by atoms with van der Waals surface area (Å²) >= 11 is 0. The van der Waals surface area contributed by atoms with Crippen molar-refractivity contribution in [2.75, 3.05) is 32.8 Å². The summed E-state index contributed by atoms with van der Waals surface area (Å²) < 4.78 is 10.8. The van der Waals surface area contributed by atoms with Crippen LogP contribution in [0.3, 0.4) is 0 Å². The van der Waals surface area contributed by atoms with Gasteiger partial charge in [0.1, 0.15) is 12.2 Å². The van der Waals surface area contributed by atoms with Crippen molar-refractivity contribution in [2.24, 2.45) is 5.92 Å². The highest BCUT2D eigenvalue weighted by atomic mass is 16.5. The number of ether oxygens (including phenoxy) is 2. The summed E-state index contributed by atoms with van der Waals surface area (Å²) in [5.74, 6) is 0.633. The van der Waals surface area contributed by atoms with E-state index in [4.69, 9.17) is 9.47 Å². The molecule has 6 nitrogen and oxygen atoms in total. The van der Waals surface area contributed by atoms with Crippen molar-refractivity contribution in [3.05, 3.63) is 0 Å². The second-order valence-electron chi connectivity index (χ2n) is 6.52. The molecule has 0 spiro atoms. The van der Waals surface area contributed by atoms with Gasteiger partial charge in [-0.15, -0.1) is 0 Å². The third-order valence-corrected chi connectivity index (χ3v) is 4.92. The summed E-state index contributed by atoms with van der Waals surface area (Å²) in [5.41, 5.74) is 0. The summed E-state index contributed by atoms with van der Waals surface area (Å²) in [6.07, 6.45) is 5.09. The second-order valence-corrected chi connectivity index (χ2v) is 6.52. The molecule has 22 heavy (non-hydrogen) atoms. The number of amides is 2. The Morgan fingerprint density at radius 2 is 1.59 bits per heavy atom. The van der Waals surface area contributed by atoms with Crippen LogP contribution in [0.25, 0.3) is 0 Å². The Hall–Kier alpha value is -1.14. The van der Waals surface area contributed by atoms with Crippen LogP contribution in [0.4, 0.5) is 0 Å². The number of rotatable bonds is 4. The predicted molar refractivity (Wildman–Crippen MR) is 80.3 cm³/mol. The fourth-order valence-electron chi connectivity index (χ4n) is 3.48. The zero-order valence-corrected chi connectivity index (χ0v) is 13.1. The van der Waals surface area contributed by atoms with E-state index >= 15 is 0 Å². The highest BCUT2D eigenvalue weighted by molar-refractivity contribution is 5.81. The first-order chi connectivity index (χ1) is 10.7. The summed E-state index contributed by atoms with van der Waals surface area (Å²) in [7, 11) is 0. The topological polar surface area (TPSA) is 67.9 Å². The van der Waals surface area contributed by atoms with E-state index < -0.39 is 0 Å². The van der Waals surface area contributed by atoms with Crippen molar-refractivity contribution in [2.45, 2.75) is 50.7 Å². The molecule has 124 valence electrons. The molecule has 2 atom stereocenters. The predicted octanol–water partition coefficient (Wildman–Crippen LogP) is 0.699. The highest BCUT2D eigenvalue weighted by Gasteiger charge is 2.31. The lowest BCUT2D eigenvalue weighted by Gasteiger charge is -2.33. The fraction of sp³-hybridized carbons (Fsp3) is 0.875. The molecule has 3 aliphatic rings. The number of hydrogen-bond acceptors (Lipinski definition) is 4. The van der Waals surface area contributed by atoms with Crippen LogP contribution < -0.4 is 5.32 Å². The van der Waals surface area contributed by atoms with Crippen LogP contribution in [0, 0.1) is 5.92 Å². The fourth-order valence-corrected chi connectivity index (χ4v) is 3.48. The molecule has 0 bridgehead atoms. The van der Waals surface area contributed by atoms with Gasteiger partial charge >= 0.3 is 0 Å². The normalized spacial score (nSPS) is 29.7. The van der Waals surface area contributed by atoms with Gasteiger partial charge in [-0.3, -0.25) is 9.59 Å². The van der Waals surface area contributed by atoms with E-state index in [1.54, 1.807) is 0 Å². The van der Waals surface area contributed by atoms with Crippen molar-refractivity contribution in [3.63, 3.8) is 0 Å². The lowest BCUT2D eigenvalue weighted by Crippen LogP contribution is -2.46. The van der Waals surface area contributed by atoms with Gasteiger partial charge < -0.3 is 19.7 Å². The van der Waals surface area contributed by atoms with Crippen LogP contribution in [-0.2, 0) is 19.1 Å². The van der Waals surface area contributed by atoms with Crippen LogP contribution in [0.2, 0.25) is 0 Å². The van der Waals surface area contributed by atoms with Crippen LogP contribution in [0.5, 0.6) is 0 Å². The van der Waals surface area contributed by atoms with E-state index in [0.717, 1.165) is 51.6 Å². The smallest absolute Gasteiger partial charge is 0.251 e. The minimum atomic E-state index is -0.249. The second kappa shape index (κ2) is 7.42. The maximum absolute atomic E-state index is 12.3. The van der Waals surface area contributed by atoms with E-state index in [2.05, 4.69) is 5.32 Å². The monoisotopic (exact) mass is 310 g/mol. The molecule has 0 aromatic carbocycles. The number of carbonyl (C=O) groups excluding carboxylic acids is 2. The third kappa shape index (κ3) is 3.79. The number of nitrogens with one attached hydrogen (secondary N) is 1. The van der Waals surface area contributed by atoms with Crippen molar-refractivity contribution in [3.8, 4) is 0 Å². The van der Waals surface area contributed by atoms with E-state index in [9.17, 15) is 9.59 Å². The van der Waals surface area contributed by atoms with Crippen molar-refractivity contribution in [1.82, 2.24) is 10.2 Å². The molecule has 2 amide bonds. The lowest BCUT2D eigenvalue weighted by molar-refractivity contribution is -0.142. The van der Waals surface area contributed by atoms with E-state index in [-0.39, 0.29) is 24.0 Å². The van der Waals surface area contributed by atoms with Crippen LogP contribution in [-0.4, -0.2) is 61.8 Å². The summed E-state index contributed by atoms with van der Waals surface area (Å²) in [6, 6.07) is 0. The molecule has 0 radical (unpaired) electrons. The molecule has 3 aliphatic heterocycles. The van der Waals surface area contributed by atoms with Gasteiger partial charge in [0.15, 0.2) is 0 Å². The van der Waals surface area contributed by atoms with Gasteiger partial charge in [-0.1, -0.05) is 0 Å². The number of carbonyl (C=O) groups is 2. The number of piperidine rings is 1. The Labute approximate surface area is 131 Å². The van der Waals surface area contributed by atoms with Crippen LogP contribution in [0.15, 0.2) is 0 Å². The molecule has 3 saturated heterocycles. The maximum atomic E-state index is 12.3. The molecule has 0 saturated carbocycles. The van der Waals surface area contributed by atoms with Gasteiger partial charge in [-0.25, -0.2) is 0 Å². The summed E-state index contributed by atoms with van der Waals surface area (Å²) in [4.78, 5) is 26.1. The molecule has 0 aromatic rings. The van der Waals surface area contributed by atoms with Crippen LogP contribution in [0.1, 0.15) is 38.5 Å². The average Bonchev–Trinajstić information content (AvgIpc) is 3.25. The molecule has 6 heteroatoms. The van der Waals surface area contributed by atoms with Crippen molar-refractivity contribution >= 4 is 11.8 Å². The number of hydrogen-bond donors (Lipinski definition) is 1. The van der Waals surface area contributed by atoms with Crippen molar-refractivity contribution < 1.29 is 19.1 Å². The largest absolute Gasteiger partial charge is 0.368 e. The maximum Gasteiger partial charge on any atom is 0.251 e. The van der Waals surface area contributed by atoms with Gasteiger partial charge in [-0.05, 0) is 44.4 Å².